The molecule has 0 spiro atoms. The van der Waals surface area contributed by atoms with E-state index in [1.54, 1.807) is 43.3 Å². The van der Waals surface area contributed by atoms with E-state index in [-0.39, 0.29) is 12.2 Å². The van der Waals surface area contributed by atoms with Crippen LogP contribution >= 0.6 is 15.9 Å². The van der Waals surface area contributed by atoms with Gasteiger partial charge in [-0.15, -0.1) is 0 Å². The molecule has 0 bridgehead atoms. The molecule has 29 heavy (non-hydrogen) atoms. The number of rotatable bonds is 6. The number of fused-ring (bicyclic) bond motifs is 1. The number of benzene rings is 2. The summed E-state index contributed by atoms with van der Waals surface area (Å²) in [7, 11) is 2.77. The quantitative estimate of drug-likeness (QED) is 0.309. The van der Waals surface area contributed by atoms with Crippen LogP contribution in [0.1, 0.15) is 33.8 Å². The van der Waals surface area contributed by atoms with Crippen LogP contribution in [0.15, 0.2) is 56.1 Å². The summed E-state index contributed by atoms with van der Waals surface area (Å²) in [6.07, 6.45) is -0.141. The molecule has 0 aliphatic rings. The van der Waals surface area contributed by atoms with E-state index in [1.165, 1.54) is 20.3 Å². The zero-order valence-electron chi connectivity index (χ0n) is 16.2. The van der Waals surface area contributed by atoms with Crippen molar-refractivity contribution in [2.24, 2.45) is 0 Å². The number of carbonyl (C=O) groups excluding carboxylic acids is 2. The fourth-order valence-corrected chi connectivity index (χ4v) is 3.54. The highest BCUT2D eigenvalue weighted by molar-refractivity contribution is 9.10. The summed E-state index contributed by atoms with van der Waals surface area (Å²) in [6.45, 7) is 1.76. The van der Waals surface area contributed by atoms with E-state index in [1.807, 2.05) is 0 Å². The van der Waals surface area contributed by atoms with Crippen molar-refractivity contribution in [1.29, 1.82) is 0 Å². The molecule has 0 aliphatic heterocycles. The minimum atomic E-state index is -0.949. The van der Waals surface area contributed by atoms with Gasteiger partial charge in [-0.05, 0) is 36.8 Å². The van der Waals surface area contributed by atoms with Crippen molar-refractivity contribution in [2.45, 2.75) is 19.3 Å². The first-order valence-corrected chi connectivity index (χ1v) is 9.63. The van der Waals surface area contributed by atoms with Crippen LogP contribution in [-0.2, 0) is 9.53 Å². The molecule has 2 aromatic carbocycles. The van der Waals surface area contributed by atoms with Crippen LogP contribution in [0.2, 0.25) is 0 Å². The number of carbonyl (C=O) groups is 2. The predicted molar refractivity (Wildman–Crippen MR) is 112 cm³/mol. The van der Waals surface area contributed by atoms with E-state index < -0.39 is 17.5 Å². The largest absolute Gasteiger partial charge is 0.496 e. The maximum atomic E-state index is 12.8. The molecule has 0 radical (unpaired) electrons. The lowest BCUT2D eigenvalue weighted by Gasteiger charge is -2.17. The lowest BCUT2D eigenvalue weighted by atomic mass is 9.89. The minimum Gasteiger partial charge on any atom is -0.496 e. The average Bonchev–Trinajstić information content (AvgIpc) is 2.72. The van der Waals surface area contributed by atoms with Gasteiger partial charge in [0.25, 0.3) is 0 Å². The Labute approximate surface area is 175 Å². The molecule has 1 aromatic heterocycles. The normalized spacial score (nSPS) is 11.9. The smallest absolute Gasteiger partial charge is 0.336 e. The summed E-state index contributed by atoms with van der Waals surface area (Å²) in [5, 5.41) is 0.557. The molecule has 1 heterocycles. The Morgan fingerprint density at radius 3 is 2.41 bits per heavy atom. The highest BCUT2D eigenvalue weighted by Crippen LogP contribution is 2.33. The molecule has 0 saturated carbocycles. The summed E-state index contributed by atoms with van der Waals surface area (Å²) in [6, 6.07) is 11.5. The highest BCUT2D eigenvalue weighted by atomic mass is 79.9. The molecule has 0 unspecified atom stereocenters. The van der Waals surface area contributed by atoms with Gasteiger partial charge < -0.3 is 13.9 Å². The van der Waals surface area contributed by atoms with Gasteiger partial charge in [0.05, 0.1) is 20.1 Å². The number of methoxy groups -OCH3 is 2. The first-order chi connectivity index (χ1) is 13.8. The monoisotopic (exact) mass is 458 g/mol. The molecule has 3 aromatic rings. The molecule has 6 nitrogen and oxygen atoms in total. The predicted octanol–water partition coefficient (Wildman–Crippen LogP) is 4.40. The Kier molecular flexibility index (Phi) is 6.17. The maximum Gasteiger partial charge on any atom is 0.336 e. The van der Waals surface area contributed by atoms with Crippen LogP contribution in [0.5, 0.6) is 5.75 Å². The molecule has 0 amide bonds. The van der Waals surface area contributed by atoms with Crippen LogP contribution in [0.3, 0.4) is 0 Å². The number of esters is 1. The van der Waals surface area contributed by atoms with Gasteiger partial charge in [0.1, 0.15) is 11.3 Å². The molecular formula is C22H19BrO6. The Bertz CT molecular complexity index is 1130. The molecule has 1 atom stereocenters. The third-order valence-electron chi connectivity index (χ3n) is 4.78. The van der Waals surface area contributed by atoms with E-state index in [0.717, 1.165) is 4.47 Å². The summed E-state index contributed by atoms with van der Waals surface area (Å²) in [4.78, 5) is 37.6. The summed E-state index contributed by atoms with van der Waals surface area (Å²) in [5.41, 5.74) is 1.18. The molecule has 0 N–H and O–H groups in total. The Hall–Kier alpha value is -2.93. The molecule has 0 saturated heterocycles. The van der Waals surface area contributed by atoms with Crippen LogP contribution in [0.25, 0.3) is 11.0 Å². The van der Waals surface area contributed by atoms with E-state index in [9.17, 15) is 14.4 Å². The van der Waals surface area contributed by atoms with Gasteiger partial charge in [0.15, 0.2) is 5.78 Å². The minimum absolute atomic E-state index is 0.141. The van der Waals surface area contributed by atoms with Crippen molar-refractivity contribution in [1.82, 2.24) is 0 Å². The van der Waals surface area contributed by atoms with E-state index in [2.05, 4.69) is 15.9 Å². The van der Waals surface area contributed by atoms with Crippen molar-refractivity contribution in [2.75, 3.05) is 14.2 Å². The van der Waals surface area contributed by atoms with Crippen molar-refractivity contribution < 1.29 is 23.5 Å². The van der Waals surface area contributed by atoms with Crippen molar-refractivity contribution in [3.8, 4) is 5.75 Å². The third-order valence-corrected chi connectivity index (χ3v) is 5.31. The first-order valence-electron chi connectivity index (χ1n) is 8.83. The maximum absolute atomic E-state index is 12.8. The van der Waals surface area contributed by atoms with E-state index in [4.69, 9.17) is 13.9 Å². The van der Waals surface area contributed by atoms with Crippen LogP contribution < -0.4 is 10.4 Å². The zero-order valence-corrected chi connectivity index (χ0v) is 17.7. The van der Waals surface area contributed by atoms with Gasteiger partial charge in [-0.3, -0.25) is 9.59 Å². The molecule has 7 heteroatoms. The Morgan fingerprint density at radius 1 is 1.10 bits per heavy atom. The first kappa shape index (κ1) is 20.8. The topological polar surface area (TPSA) is 82.8 Å². The van der Waals surface area contributed by atoms with Crippen LogP contribution in [-0.4, -0.2) is 26.0 Å². The highest BCUT2D eigenvalue weighted by Gasteiger charge is 2.28. The molecule has 0 aliphatic carbocycles. The Balaban J connectivity index is 2.12. The summed E-state index contributed by atoms with van der Waals surface area (Å²) in [5.74, 6) is -1.23. The van der Waals surface area contributed by atoms with Gasteiger partial charge in [-0.25, -0.2) is 4.79 Å². The molecule has 150 valence electrons. The van der Waals surface area contributed by atoms with Gasteiger partial charge >= 0.3 is 11.6 Å². The van der Waals surface area contributed by atoms with E-state index >= 15 is 0 Å². The second kappa shape index (κ2) is 8.61. The van der Waals surface area contributed by atoms with E-state index in [0.29, 0.717) is 33.4 Å². The standard InChI is InChI=1S/C22H19BrO6/c1-12-19(27-2)9-8-15-16(11-20(25)29-21(12)15)17(22(26)28-3)10-18(24)13-4-6-14(23)7-5-13/h4-9,11,17H,10H2,1-3H3/t17-/m0/s1. The number of Topliss-reactive ketones (excluding diaryl/α,β-unsaturated/α-hetero) is 1. The number of hydrogen-bond acceptors (Lipinski definition) is 6. The second-order valence-electron chi connectivity index (χ2n) is 6.50. The van der Waals surface area contributed by atoms with Gasteiger partial charge in [0.2, 0.25) is 0 Å². The van der Waals surface area contributed by atoms with Crippen molar-refractivity contribution >= 4 is 38.7 Å². The number of aryl methyl sites for hydroxylation is 1. The number of ketones is 1. The molecular weight excluding hydrogens is 440 g/mol. The Morgan fingerprint density at radius 2 is 1.79 bits per heavy atom. The average molecular weight is 459 g/mol. The SMILES string of the molecule is COC(=O)[C@@H](CC(=O)c1ccc(Br)cc1)c1cc(=O)oc2c(C)c(OC)ccc12. The second-order valence-corrected chi connectivity index (χ2v) is 7.42. The van der Waals surface area contributed by atoms with Crippen molar-refractivity contribution in [3.63, 3.8) is 0 Å². The molecule has 3 rings (SSSR count). The fourth-order valence-electron chi connectivity index (χ4n) is 3.28. The van der Waals surface area contributed by atoms with Crippen molar-refractivity contribution in [3.05, 3.63) is 74.0 Å². The van der Waals surface area contributed by atoms with Crippen LogP contribution in [0.4, 0.5) is 0 Å². The summed E-state index contributed by atoms with van der Waals surface area (Å²) >= 11 is 3.33. The van der Waals surface area contributed by atoms with Gasteiger partial charge in [0, 0.05) is 33.5 Å². The van der Waals surface area contributed by atoms with Gasteiger partial charge in [-0.1, -0.05) is 28.1 Å². The number of hydrogen-bond donors (Lipinski definition) is 0. The molecule has 0 fully saturated rings. The lowest BCUT2D eigenvalue weighted by Crippen LogP contribution is -2.20. The third kappa shape index (κ3) is 4.24. The summed E-state index contributed by atoms with van der Waals surface area (Å²) < 4.78 is 16.4. The number of halogens is 1. The zero-order chi connectivity index (χ0) is 21.1. The fraction of sp³-hybridized carbons (Fsp3) is 0.227. The van der Waals surface area contributed by atoms with Crippen LogP contribution in [0, 0.1) is 6.92 Å². The number of ether oxygens (including phenoxy) is 2. The van der Waals surface area contributed by atoms with Gasteiger partial charge in [-0.2, -0.15) is 0 Å². The lowest BCUT2D eigenvalue weighted by molar-refractivity contribution is -0.142.